The van der Waals surface area contributed by atoms with Crippen molar-refractivity contribution in [2.24, 2.45) is 10.4 Å². The second kappa shape index (κ2) is 5.30. The van der Waals surface area contributed by atoms with Gasteiger partial charge in [0.25, 0.3) is 0 Å². The summed E-state index contributed by atoms with van der Waals surface area (Å²) in [5.74, 6) is 0.572. The number of guanidine groups is 1. The maximum Gasteiger partial charge on any atom is 0.249 e. The number of nitrogens with zero attached hydrogens (tertiary/aromatic N) is 1. The molecule has 0 aromatic heterocycles. The number of rotatable bonds is 4. The third-order valence-electron chi connectivity index (χ3n) is 2.25. The van der Waals surface area contributed by atoms with Gasteiger partial charge in [0, 0.05) is 7.11 Å². The van der Waals surface area contributed by atoms with Crippen LogP contribution in [0.5, 0.6) is 0 Å². The first-order valence-electron chi connectivity index (χ1n) is 5.53. The molecule has 0 aromatic carbocycles. The maximum atomic E-state index is 11.6. The number of nitrogens with one attached hydrogen (secondary N) is 2. The molecule has 2 N–H and O–H groups in total. The molecular formula is C11H21N3O2. The van der Waals surface area contributed by atoms with Crippen molar-refractivity contribution in [1.82, 2.24) is 10.6 Å². The summed E-state index contributed by atoms with van der Waals surface area (Å²) in [5.41, 5.74) is 0.122. The van der Waals surface area contributed by atoms with Crippen LogP contribution in [0.1, 0.15) is 27.2 Å². The second-order valence-corrected chi connectivity index (χ2v) is 5.17. The molecule has 1 amide bonds. The predicted molar refractivity (Wildman–Crippen MR) is 63.3 cm³/mol. The number of carbonyl (C=O) groups is 1. The van der Waals surface area contributed by atoms with E-state index < -0.39 is 0 Å². The summed E-state index contributed by atoms with van der Waals surface area (Å²) in [6, 6.07) is -0.165. The molecule has 5 nitrogen and oxygen atoms in total. The van der Waals surface area contributed by atoms with Crippen molar-refractivity contribution < 1.29 is 9.53 Å². The molecule has 1 heterocycles. The largest absolute Gasteiger partial charge is 0.383 e. The zero-order chi connectivity index (χ0) is 12.2. The van der Waals surface area contributed by atoms with Gasteiger partial charge in [-0.2, -0.15) is 0 Å². The van der Waals surface area contributed by atoms with E-state index in [0.29, 0.717) is 19.1 Å². The van der Waals surface area contributed by atoms with Crippen LogP contribution in [0.15, 0.2) is 4.99 Å². The van der Waals surface area contributed by atoms with Gasteiger partial charge >= 0.3 is 0 Å². The van der Waals surface area contributed by atoms with Gasteiger partial charge in [-0.25, -0.2) is 0 Å². The van der Waals surface area contributed by atoms with E-state index in [9.17, 15) is 4.79 Å². The van der Waals surface area contributed by atoms with Gasteiger partial charge in [0.05, 0.1) is 13.2 Å². The average Bonchev–Trinajstić information content (AvgIpc) is 2.45. The first kappa shape index (κ1) is 13.0. The first-order chi connectivity index (χ1) is 7.42. The molecule has 1 unspecified atom stereocenters. The molecule has 5 heteroatoms. The van der Waals surface area contributed by atoms with Crippen molar-refractivity contribution in [3.63, 3.8) is 0 Å². The van der Waals surface area contributed by atoms with Crippen LogP contribution in [-0.4, -0.2) is 38.2 Å². The zero-order valence-corrected chi connectivity index (χ0v) is 10.5. The molecule has 16 heavy (non-hydrogen) atoms. The van der Waals surface area contributed by atoms with Crippen LogP contribution < -0.4 is 10.6 Å². The Kier molecular flexibility index (Phi) is 4.29. The molecule has 0 aliphatic carbocycles. The lowest BCUT2D eigenvalue weighted by atomic mass is 9.88. The van der Waals surface area contributed by atoms with Crippen LogP contribution in [0, 0.1) is 5.41 Å². The highest BCUT2D eigenvalue weighted by Crippen LogP contribution is 2.21. The number of carbonyl (C=O) groups excluding carboxylic acids is 1. The van der Waals surface area contributed by atoms with E-state index in [2.05, 4.69) is 36.4 Å². The van der Waals surface area contributed by atoms with Gasteiger partial charge in [-0.3, -0.25) is 15.1 Å². The standard InChI is InChI=1S/C11H21N3O2/c1-11(2,3)7-8-9(15)14-10(13-8)12-5-6-16-4/h8H,5-7H2,1-4H3,(H2,12,13,14,15). The van der Waals surface area contributed by atoms with Gasteiger partial charge in [0.15, 0.2) is 5.96 Å². The lowest BCUT2D eigenvalue weighted by Crippen LogP contribution is -2.33. The average molecular weight is 227 g/mol. The first-order valence-corrected chi connectivity index (χ1v) is 5.53. The van der Waals surface area contributed by atoms with Crippen LogP contribution in [0.4, 0.5) is 0 Å². The normalized spacial score (nSPS) is 23.4. The van der Waals surface area contributed by atoms with Crippen molar-refractivity contribution in [2.75, 3.05) is 20.3 Å². The highest BCUT2D eigenvalue weighted by atomic mass is 16.5. The van der Waals surface area contributed by atoms with Crippen molar-refractivity contribution >= 4 is 11.9 Å². The smallest absolute Gasteiger partial charge is 0.249 e. The minimum atomic E-state index is -0.165. The van der Waals surface area contributed by atoms with E-state index in [1.54, 1.807) is 7.11 Å². The predicted octanol–water partition coefficient (Wildman–Crippen LogP) is 0.513. The summed E-state index contributed by atoms with van der Waals surface area (Å²) in [6.45, 7) is 7.46. The van der Waals surface area contributed by atoms with Crippen molar-refractivity contribution in [3.05, 3.63) is 0 Å². The van der Waals surface area contributed by atoms with E-state index in [1.165, 1.54) is 0 Å². The SMILES string of the molecule is COCCN=C1NC(=O)C(CC(C)(C)C)N1. The Morgan fingerprint density at radius 1 is 1.44 bits per heavy atom. The van der Waals surface area contributed by atoms with Gasteiger partial charge in [0.1, 0.15) is 6.04 Å². The molecule has 1 fully saturated rings. The van der Waals surface area contributed by atoms with Crippen molar-refractivity contribution in [2.45, 2.75) is 33.2 Å². The molecule has 0 saturated carbocycles. The number of hydrogen-bond donors (Lipinski definition) is 2. The molecular weight excluding hydrogens is 206 g/mol. The highest BCUT2D eigenvalue weighted by Gasteiger charge is 2.31. The summed E-state index contributed by atoms with van der Waals surface area (Å²) >= 11 is 0. The van der Waals surface area contributed by atoms with Gasteiger partial charge in [-0.05, 0) is 11.8 Å². The lowest BCUT2D eigenvalue weighted by molar-refractivity contribution is -0.120. The summed E-state index contributed by atoms with van der Waals surface area (Å²) < 4.78 is 4.89. The Balaban J connectivity index is 2.47. The van der Waals surface area contributed by atoms with Crippen LogP contribution in [0.2, 0.25) is 0 Å². The topological polar surface area (TPSA) is 62.7 Å². The summed E-state index contributed by atoms with van der Waals surface area (Å²) in [4.78, 5) is 15.8. The monoisotopic (exact) mass is 227 g/mol. The van der Waals surface area contributed by atoms with E-state index >= 15 is 0 Å². The summed E-state index contributed by atoms with van der Waals surface area (Å²) in [6.07, 6.45) is 0.794. The van der Waals surface area contributed by atoms with Gasteiger partial charge < -0.3 is 10.1 Å². The third kappa shape index (κ3) is 4.18. The van der Waals surface area contributed by atoms with Crippen LogP contribution in [-0.2, 0) is 9.53 Å². The van der Waals surface area contributed by atoms with E-state index in [0.717, 1.165) is 6.42 Å². The molecule has 1 rings (SSSR count). The fourth-order valence-corrected chi connectivity index (χ4v) is 1.56. The zero-order valence-electron chi connectivity index (χ0n) is 10.5. The molecule has 92 valence electrons. The van der Waals surface area contributed by atoms with Gasteiger partial charge in [-0.15, -0.1) is 0 Å². The fraction of sp³-hybridized carbons (Fsp3) is 0.818. The minimum absolute atomic E-state index is 0.00564. The highest BCUT2D eigenvalue weighted by molar-refractivity contribution is 6.06. The Labute approximate surface area is 96.7 Å². The number of aliphatic imine (C=N–C) groups is 1. The quantitative estimate of drug-likeness (QED) is 0.688. The van der Waals surface area contributed by atoms with E-state index in [1.807, 2.05) is 0 Å². The van der Waals surface area contributed by atoms with Crippen molar-refractivity contribution in [3.8, 4) is 0 Å². The second-order valence-electron chi connectivity index (χ2n) is 5.17. The maximum absolute atomic E-state index is 11.6. The Hall–Kier alpha value is -1.10. The van der Waals surface area contributed by atoms with Crippen LogP contribution in [0.3, 0.4) is 0 Å². The molecule has 0 aromatic rings. The van der Waals surface area contributed by atoms with Crippen LogP contribution in [0.25, 0.3) is 0 Å². The molecule has 1 aliphatic rings. The number of ether oxygens (including phenoxy) is 1. The Morgan fingerprint density at radius 2 is 2.12 bits per heavy atom. The lowest BCUT2D eigenvalue weighted by Gasteiger charge is -2.21. The molecule has 0 spiro atoms. The molecule has 1 atom stereocenters. The van der Waals surface area contributed by atoms with Crippen molar-refractivity contribution in [1.29, 1.82) is 0 Å². The van der Waals surface area contributed by atoms with E-state index in [4.69, 9.17) is 4.74 Å². The molecule has 0 radical (unpaired) electrons. The molecule has 1 saturated heterocycles. The Morgan fingerprint density at radius 3 is 2.69 bits per heavy atom. The summed E-state index contributed by atoms with van der Waals surface area (Å²) in [5, 5.41) is 5.82. The number of hydrogen-bond acceptors (Lipinski definition) is 3. The fourth-order valence-electron chi connectivity index (χ4n) is 1.56. The van der Waals surface area contributed by atoms with Gasteiger partial charge in [-0.1, -0.05) is 20.8 Å². The third-order valence-corrected chi connectivity index (χ3v) is 2.25. The number of methoxy groups -OCH3 is 1. The minimum Gasteiger partial charge on any atom is -0.383 e. The molecule has 0 bridgehead atoms. The number of amides is 1. The summed E-state index contributed by atoms with van der Waals surface area (Å²) in [7, 11) is 1.63. The van der Waals surface area contributed by atoms with E-state index in [-0.39, 0.29) is 17.4 Å². The van der Waals surface area contributed by atoms with Gasteiger partial charge in [0.2, 0.25) is 5.91 Å². The van der Waals surface area contributed by atoms with Crippen LogP contribution >= 0.6 is 0 Å². The Bertz CT molecular complexity index is 281. The molecule has 1 aliphatic heterocycles.